The number of hydrogen-bond acceptors (Lipinski definition) is 4. The van der Waals surface area contributed by atoms with E-state index in [2.05, 4.69) is 15.6 Å². The van der Waals surface area contributed by atoms with Gasteiger partial charge < -0.3 is 10.4 Å². The first-order valence-electron chi connectivity index (χ1n) is 7.19. The van der Waals surface area contributed by atoms with Gasteiger partial charge in [-0.25, -0.2) is 9.48 Å². The van der Waals surface area contributed by atoms with Gasteiger partial charge in [0.2, 0.25) is 0 Å². The van der Waals surface area contributed by atoms with Gasteiger partial charge in [0.15, 0.2) is 5.69 Å². The van der Waals surface area contributed by atoms with Gasteiger partial charge in [-0.05, 0) is 18.9 Å². The minimum atomic E-state index is -1.09. The predicted octanol–water partition coefficient (Wildman–Crippen LogP) is 1.48. The zero-order chi connectivity index (χ0) is 16.7. The Morgan fingerprint density at radius 3 is 2.74 bits per heavy atom. The summed E-state index contributed by atoms with van der Waals surface area (Å²) >= 11 is 0. The molecule has 23 heavy (non-hydrogen) atoms. The highest BCUT2D eigenvalue weighted by Gasteiger charge is 2.21. The Morgan fingerprint density at radius 2 is 2.09 bits per heavy atom. The summed E-state index contributed by atoms with van der Waals surface area (Å²) in [6, 6.07) is 8.65. The quantitative estimate of drug-likeness (QED) is 0.754. The Hall–Kier alpha value is -2.96. The van der Waals surface area contributed by atoms with E-state index in [0.29, 0.717) is 6.54 Å². The highest BCUT2D eigenvalue weighted by Crippen LogP contribution is 2.03. The van der Waals surface area contributed by atoms with Crippen LogP contribution in [-0.4, -0.2) is 38.0 Å². The van der Waals surface area contributed by atoms with Crippen LogP contribution in [0.2, 0.25) is 0 Å². The average Bonchev–Trinajstić information content (AvgIpc) is 3.00. The lowest BCUT2D eigenvalue weighted by Gasteiger charge is -2.10. The maximum atomic E-state index is 12.1. The first kappa shape index (κ1) is 16.4. The summed E-state index contributed by atoms with van der Waals surface area (Å²) in [6.07, 6.45) is 5.14. The van der Waals surface area contributed by atoms with Crippen molar-refractivity contribution in [2.24, 2.45) is 0 Å². The summed E-state index contributed by atoms with van der Waals surface area (Å²) < 4.78 is 1.53. The Morgan fingerprint density at radius 1 is 1.35 bits per heavy atom. The highest BCUT2D eigenvalue weighted by molar-refractivity contribution is 5.94. The molecule has 1 amide bonds. The van der Waals surface area contributed by atoms with E-state index >= 15 is 0 Å². The van der Waals surface area contributed by atoms with Crippen LogP contribution in [0.4, 0.5) is 0 Å². The molecule has 0 fully saturated rings. The lowest BCUT2D eigenvalue weighted by molar-refractivity contribution is -0.139. The molecule has 7 nitrogen and oxygen atoms in total. The number of nitrogens with zero attached hydrogens (tertiary/aromatic N) is 3. The van der Waals surface area contributed by atoms with Crippen LogP contribution in [0.5, 0.6) is 0 Å². The number of hydrogen-bond donors (Lipinski definition) is 2. The van der Waals surface area contributed by atoms with E-state index in [4.69, 9.17) is 5.11 Å². The lowest BCUT2D eigenvalue weighted by Crippen LogP contribution is -2.40. The summed E-state index contributed by atoms with van der Waals surface area (Å²) in [7, 11) is 0. The van der Waals surface area contributed by atoms with Crippen molar-refractivity contribution in [3.63, 3.8) is 0 Å². The van der Waals surface area contributed by atoms with Crippen molar-refractivity contribution in [2.45, 2.75) is 25.9 Å². The minimum absolute atomic E-state index is 0.0904. The molecule has 2 N–H and O–H groups in total. The molecule has 0 aliphatic rings. The van der Waals surface area contributed by atoms with Crippen LogP contribution in [0.25, 0.3) is 0 Å². The number of nitrogens with one attached hydrogen (secondary N) is 1. The monoisotopic (exact) mass is 314 g/mol. The van der Waals surface area contributed by atoms with Gasteiger partial charge in [0, 0.05) is 0 Å². The number of benzene rings is 1. The van der Waals surface area contributed by atoms with Crippen molar-refractivity contribution in [1.29, 1.82) is 0 Å². The van der Waals surface area contributed by atoms with Crippen LogP contribution in [0, 0.1) is 0 Å². The van der Waals surface area contributed by atoms with E-state index < -0.39 is 17.9 Å². The molecule has 0 bridgehead atoms. The Balaban J connectivity index is 2.01. The maximum Gasteiger partial charge on any atom is 0.326 e. The predicted molar refractivity (Wildman–Crippen MR) is 83.9 cm³/mol. The van der Waals surface area contributed by atoms with E-state index in [-0.39, 0.29) is 12.1 Å². The minimum Gasteiger partial charge on any atom is -0.480 e. The molecule has 0 spiro atoms. The molecule has 0 radical (unpaired) electrons. The third kappa shape index (κ3) is 4.77. The average molecular weight is 314 g/mol. The number of rotatable bonds is 7. The summed E-state index contributed by atoms with van der Waals surface area (Å²) in [5.41, 5.74) is 1.12. The Kier molecular flexibility index (Phi) is 5.62. The zero-order valence-corrected chi connectivity index (χ0v) is 12.7. The number of allylic oxidation sites excluding steroid dienone is 1. The molecule has 7 heteroatoms. The molecular weight excluding hydrogens is 296 g/mol. The standard InChI is InChI=1S/C16H18N4O3/c1-2-3-9-13(16(22)23)17-15(21)14-11-20(19-18-14)10-12-7-5-4-6-8-12/h2-8,11,13H,9-10H2,1H3,(H,17,21)(H,22,23)/b3-2+. The molecule has 0 saturated carbocycles. The fourth-order valence-corrected chi connectivity index (χ4v) is 1.98. The molecule has 1 atom stereocenters. The van der Waals surface area contributed by atoms with Gasteiger partial charge in [0.25, 0.3) is 5.91 Å². The normalized spacial score (nSPS) is 12.2. The number of aliphatic carboxylic acids is 1. The van der Waals surface area contributed by atoms with E-state index in [1.807, 2.05) is 30.3 Å². The number of carbonyl (C=O) groups excluding carboxylic acids is 1. The summed E-state index contributed by atoms with van der Waals surface area (Å²) in [6.45, 7) is 2.28. The molecule has 120 valence electrons. The Labute approximate surface area is 133 Å². The third-order valence-electron chi connectivity index (χ3n) is 3.17. The molecule has 1 heterocycles. The second-order valence-electron chi connectivity index (χ2n) is 4.96. The van der Waals surface area contributed by atoms with Gasteiger partial charge in [-0.1, -0.05) is 47.7 Å². The van der Waals surface area contributed by atoms with Crippen molar-refractivity contribution in [2.75, 3.05) is 0 Å². The number of aromatic nitrogens is 3. The van der Waals surface area contributed by atoms with Crippen molar-refractivity contribution in [1.82, 2.24) is 20.3 Å². The van der Waals surface area contributed by atoms with E-state index in [1.54, 1.807) is 19.1 Å². The van der Waals surface area contributed by atoms with E-state index in [9.17, 15) is 9.59 Å². The molecular formula is C16H18N4O3. The second-order valence-corrected chi connectivity index (χ2v) is 4.96. The fraction of sp³-hybridized carbons (Fsp3) is 0.250. The number of carbonyl (C=O) groups is 2. The molecule has 1 aromatic carbocycles. The molecule has 0 saturated heterocycles. The van der Waals surface area contributed by atoms with Crippen LogP contribution >= 0.6 is 0 Å². The van der Waals surface area contributed by atoms with Gasteiger partial charge in [-0.3, -0.25) is 4.79 Å². The van der Waals surface area contributed by atoms with Crippen molar-refractivity contribution < 1.29 is 14.7 Å². The van der Waals surface area contributed by atoms with Gasteiger partial charge in [-0.15, -0.1) is 5.10 Å². The van der Waals surface area contributed by atoms with Gasteiger partial charge in [0.05, 0.1) is 12.7 Å². The lowest BCUT2D eigenvalue weighted by atomic mass is 10.2. The highest BCUT2D eigenvalue weighted by atomic mass is 16.4. The Bertz CT molecular complexity index is 694. The molecule has 0 aliphatic carbocycles. The van der Waals surface area contributed by atoms with E-state index in [0.717, 1.165) is 5.56 Å². The maximum absolute atomic E-state index is 12.1. The van der Waals surface area contributed by atoms with E-state index in [1.165, 1.54) is 10.9 Å². The van der Waals surface area contributed by atoms with Crippen LogP contribution in [0.1, 0.15) is 29.4 Å². The van der Waals surface area contributed by atoms with Gasteiger partial charge in [-0.2, -0.15) is 0 Å². The number of carboxylic acid groups (broad SMARTS) is 1. The van der Waals surface area contributed by atoms with Gasteiger partial charge >= 0.3 is 5.97 Å². The molecule has 2 aromatic rings. The number of carboxylic acids is 1. The molecule has 1 unspecified atom stereocenters. The molecule has 1 aromatic heterocycles. The smallest absolute Gasteiger partial charge is 0.326 e. The van der Waals surface area contributed by atoms with Crippen molar-refractivity contribution in [3.8, 4) is 0 Å². The third-order valence-corrected chi connectivity index (χ3v) is 3.17. The zero-order valence-electron chi connectivity index (χ0n) is 12.7. The van der Waals surface area contributed by atoms with Crippen LogP contribution in [0.15, 0.2) is 48.7 Å². The van der Waals surface area contributed by atoms with Gasteiger partial charge in [0.1, 0.15) is 6.04 Å². The van der Waals surface area contributed by atoms with Crippen molar-refractivity contribution >= 4 is 11.9 Å². The SMILES string of the molecule is C/C=C/CC(NC(=O)c1cn(Cc2ccccc2)nn1)C(=O)O. The second kappa shape index (κ2) is 7.88. The topological polar surface area (TPSA) is 97.1 Å². The largest absolute Gasteiger partial charge is 0.480 e. The number of amides is 1. The fourth-order valence-electron chi connectivity index (χ4n) is 1.98. The van der Waals surface area contributed by atoms with Crippen molar-refractivity contribution in [3.05, 3.63) is 59.9 Å². The van der Waals surface area contributed by atoms with Crippen LogP contribution in [-0.2, 0) is 11.3 Å². The summed E-state index contributed by atoms with van der Waals surface area (Å²) in [5.74, 6) is -1.64. The summed E-state index contributed by atoms with van der Waals surface area (Å²) in [4.78, 5) is 23.2. The molecule has 0 aliphatic heterocycles. The van der Waals surface area contributed by atoms with Crippen LogP contribution in [0.3, 0.4) is 0 Å². The first-order valence-corrected chi connectivity index (χ1v) is 7.19. The molecule has 2 rings (SSSR count). The van der Waals surface area contributed by atoms with Crippen LogP contribution < -0.4 is 5.32 Å². The summed E-state index contributed by atoms with van der Waals surface area (Å²) in [5, 5.41) is 19.2. The first-order chi connectivity index (χ1) is 11.1.